The van der Waals surface area contributed by atoms with Crippen LogP contribution in [0.25, 0.3) is 5.52 Å². The van der Waals surface area contributed by atoms with E-state index in [0.29, 0.717) is 11.9 Å². The van der Waals surface area contributed by atoms with Crippen molar-refractivity contribution in [2.75, 3.05) is 18.0 Å². The monoisotopic (exact) mass is 324 g/mol. The summed E-state index contributed by atoms with van der Waals surface area (Å²) in [5.41, 5.74) is 2.18. The van der Waals surface area contributed by atoms with Crippen molar-refractivity contribution in [3.8, 4) is 0 Å². The van der Waals surface area contributed by atoms with Crippen LogP contribution in [0.5, 0.6) is 0 Å². The lowest BCUT2D eigenvalue weighted by Gasteiger charge is -2.33. The van der Waals surface area contributed by atoms with E-state index in [0.717, 1.165) is 38.0 Å². The van der Waals surface area contributed by atoms with Crippen LogP contribution < -0.4 is 15.8 Å². The molecule has 0 radical (unpaired) electrons. The van der Waals surface area contributed by atoms with Crippen molar-refractivity contribution < 1.29 is 0 Å². The first kappa shape index (κ1) is 14.9. The minimum atomic E-state index is -0.124. The molecule has 4 heterocycles. The molecule has 0 bridgehead atoms. The second-order valence-electron chi connectivity index (χ2n) is 6.11. The van der Waals surface area contributed by atoms with Crippen LogP contribution in [0.15, 0.2) is 47.8 Å². The van der Waals surface area contributed by atoms with E-state index in [-0.39, 0.29) is 5.56 Å². The van der Waals surface area contributed by atoms with E-state index in [9.17, 15) is 4.79 Å². The molecule has 24 heavy (non-hydrogen) atoms. The number of piperidine rings is 1. The molecule has 124 valence electrons. The van der Waals surface area contributed by atoms with Gasteiger partial charge in [-0.25, -0.2) is 9.50 Å². The minimum absolute atomic E-state index is 0.124. The van der Waals surface area contributed by atoms with Crippen LogP contribution in [0.3, 0.4) is 0 Å². The molecule has 7 heteroatoms. The number of aromatic amines is 1. The van der Waals surface area contributed by atoms with Gasteiger partial charge in [-0.3, -0.25) is 4.79 Å². The summed E-state index contributed by atoms with van der Waals surface area (Å²) in [6, 6.07) is 6.40. The Balaban J connectivity index is 1.44. The highest BCUT2D eigenvalue weighted by molar-refractivity contribution is 5.53. The van der Waals surface area contributed by atoms with Gasteiger partial charge in [-0.05, 0) is 25.0 Å². The fourth-order valence-electron chi connectivity index (χ4n) is 3.28. The summed E-state index contributed by atoms with van der Waals surface area (Å²) in [5, 5.41) is 7.97. The number of hydrogen-bond donors (Lipinski definition) is 2. The molecule has 0 aromatic carbocycles. The third kappa shape index (κ3) is 2.90. The Hall–Kier alpha value is -2.67. The summed E-state index contributed by atoms with van der Waals surface area (Å²) in [6.07, 6.45) is 9.20. The summed E-state index contributed by atoms with van der Waals surface area (Å²) in [6.45, 7) is 2.43. The average molecular weight is 324 g/mol. The Bertz CT molecular complexity index is 886. The van der Waals surface area contributed by atoms with Crippen molar-refractivity contribution in [2.45, 2.75) is 25.4 Å². The van der Waals surface area contributed by atoms with E-state index in [1.54, 1.807) is 12.4 Å². The zero-order valence-corrected chi connectivity index (χ0v) is 13.4. The largest absolute Gasteiger partial charge is 0.350 e. The summed E-state index contributed by atoms with van der Waals surface area (Å²) in [5.74, 6) is 0.514. The second-order valence-corrected chi connectivity index (χ2v) is 6.11. The van der Waals surface area contributed by atoms with Crippen molar-refractivity contribution >= 4 is 11.3 Å². The van der Waals surface area contributed by atoms with Gasteiger partial charge in [0, 0.05) is 49.8 Å². The fourth-order valence-corrected chi connectivity index (χ4v) is 3.28. The molecular weight excluding hydrogens is 304 g/mol. The topological polar surface area (TPSA) is 78.3 Å². The van der Waals surface area contributed by atoms with E-state index < -0.39 is 0 Å². The van der Waals surface area contributed by atoms with Gasteiger partial charge in [0.25, 0.3) is 5.56 Å². The molecule has 1 aliphatic rings. The number of anilines is 1. The van der Waals surface area contributed by atoms with Crippen molar-refractivity contribution in [3.05, 3.63) is 58.9 Å². The smallest absolute Gasteiger partial charge is 0.290 e. The SMILES string of the molecule is O=c1[nH]ccnc1N1CCC[C@H](NCc2cnn3ccccc23)C1. The Labute approximate surface area is 139 Å². The number of hydrogen-bond acceptors (Lipinski definition) is 5. The van der Waals surface area contributed by atoms with Crippen molar-refractivity contribution in [2.24, 2.45) is 0 Å². The lowest BCUT2D eigenvalue weighted by molar-refractivity contribution is 0.420. The van der Waals surface area contributed by atoms with Gasteiger partial charge in [0.1, 0.15) is 0 Å². The molecular formula is C17H20N6O. The molecule has 4 rings (SSSR count). The lowest BCUT2D eigenvalue weighted by Crippen LogP contribution is -2.47. The number of pyridine rings is 1. The van der Waals surface area contributed by atoms with Gasteiger partial charge in [0.2, 0.25) is 0 Å². The van der Waals surface area contributed by atoms with Crippen LogP contribution >= 0.6 is 0 Å². The van der Waals surface area contributed by atoms with Crippen molar-refractivity contribution in [1.82, 2.24) is 24.9 Å². The van der Waals surface area contributed by atoms with E-state index in [1.807, 2.05) is 29.0 Å². The molecule has 0 unspecified atom stereocenters. The highest BCUT2D eigenvalue weighted by Gasteiger charge is 2.22. The highest BCUT2D eigenvalue weighted by Crippen LogP contribution is 2.16. The standard InChI is InChI=1S/C17H20N6O/c24-17-16(18-6-7-19-17)22-8-3-4-14(12-22)20-10-13-11-21-23-9-2-1-5-15(13)23/h1-2,5-7,9,11,14,20H,3-4,8,10,12H2,(H,19,24)/t14-/m0/s1. The Morgan fingerprint density at radius 2 is 2.33 bits per heavy atom. The molecule has 1 aliphatic heterocycles. The maximum atomic E-state index is 11.9. The zero-order chi connectivity index (χ0) is 16.4. The van der Waals surface area contributed by atoms with Crippen molar-refractivity contribution in [1.29, 1.82) is 0 Å². The van der Waals surface area contributed by atoms with Crippen molar-refractivity contribution in [3.63, 3.8) is 0 Å². The quantitative estimate of drug-likeness (QED) is 0.753. The van der Waals surface area contributed by atoms with Gasteiger partial charge < -0.3 is 15.2 Å². The Morgan fingerprint density at radius 1 is 1.38 bits per heavy atom. The summed E-state index contributed by atoms with van der Waals surface area (Å²) >= 11 is 0. The number of nitrogens with zero attached hydrogens (tertiary/aromatic N) is 4. The minimum Gasteiger partial charge on any atom is -0.350 e. The van der Waals surface area contributed by atoms with Gasteiger partial charge >= 0.3 is 0 Å². The second kappa shape index (κ2) is 6.45. The fraction of sp³-hybridized carbons (Fsp3) is 0.353. The molecule has 3 aromatic rings. The maximum Gasteiger partial charge on any atom is 0.290 e. The van der Waals surface area contributed by atoms with Gasteiger partial charge in [-0.2, -0.15) is 5.10 Å². The molecule has 1 atom stereocenters. The van der Waals surface area contributed by atoms with E-state index >= 15 is 0 Å². The average Bonchev–Trinajstić information content (AvgIpc) is 3.04. The number of rotatable bonds is 4. The molecule has 0 aliphatic carbocycles. The first-order chi connectivity index (χ1) is 11.8. The third-order valence-corrected chi connectivity index (χ3v) is 4.50. The summed E-state index contributed by atoms with van der Waals surface area (Å²) < 4.78 is 1.89. The number of H-pyrrole nitrogens is 1. The van der Waals surface area contributed by atoms with Gasteiger partial charge in [-0.1, -0.05) is 6.07 Å². The van der Waals surface area contributed by atoms with Crippen LogP contribution in [0.1, 0.15) is 18.4 Å². The van der Waals surface area contributed by atoms with Gasteiger partial charge in [0.05, 0.1) is 11.7 Å². The molecule has 2 N–H and O–H groups in total. The first-order valence-corrected chi connectivity index (χ1v) is 8.24. The predicted octanol–water partition coefficient (Wildman–Crippen LogP) is 1.18. The van der Waals surface area contributed by atoms with Gasteiger partial charge in [0.15, 0.2) is 5.82 Å². The lowest BCUT2D eigenvalue weighted by atomic mass is 10.1. The molecule has 3 aromatic heterocycles. The first-order valence-electron chi connectivity index (χ1n) is 8.24. The van der Waals surface area contributed by atoms with Crippen LogP contribution in [-0.2, 0) is 6.54 Å². The summed E-state index contributed by atoms with van der Waals surface area (Å²) in [7, 11) is 0. The normalized spacial score (nSPS) is 18.2. The van der Waals surface area contributed by atoms with Gasteiger partial charge in [-0.15, -0.1) is 0 Å². The number of fused-ring (bicyclic) bond motifs is 1. The number of aromatic nitrogens is 4. The van der Waals surface area contributed by atoms with E-state index in [1.165, 1.54) is 5.56 Å². The molecule has 0 amide bonds. The summed E-state index contributed by atoms with van der Waals surface area (Å²) in [4.78, 5) is 20.9. The maximum absolute atomic E-state index is 11.9. The van der Waals surface area contributed by atoms with Crippen LogP contribution in [0.2, 0.25) is 0 Å². The molecule has 1 saturated heterocycles. The zero-order valence-electron chi connectivity index (χ0n) is 13.4. The molecule has 1 fully saturated rings. The Morgan fingerprint density at radius 3 is 3.25 bits per heavy atom. The van der Waals surface area contributed by atoms with E-state index in [2.05, 4.69) is 31.3 Å². The van der Waals surface area contributed by atoms with Crippen LogP contribution in [0.4, 0.5) is 5.82 Å². The Kier molecular flexibility index (Phi) is 4.00. The predicted molar refractivity (Wildman–Crippen MR) is 92.1 cm³/mol. The highest BCUT2D eigenvalue weighted by atomic mass is 16.1. The molecule has 0 spiro atoms. The van der Waals surface area contributed by atoms with E-state index in [4.69, 9.17) is 0 Å². The number of nitrogens with one attached hydrogen (secondary N) is 2. The third-order valence-electron chi connectivity index (χ3n) is 4.50. The van der Waals surface area contributed by atoms with Crippen LogP contribution in [0, 0.1) is 0 Å². The molecule has 7 nitrogen and oxygen atoms in total. The molecule has 0 saturated carbocycles. The van der Waals surface area contributed by atoms with Crippen LogP contribution in [-0.4, -0.2) is 38.7 Å².